The van der Waals surface area contributed by atoms with Gasteiger partial charge in [0.2, 0.25) is 11.8 Å². The first kappa shape index (κ1) is 22.8. The smallest absolute Gasteiger partial charge is 0.251 e. The molecule has 1 N–H and O–H groups in total. The van der Waals surface area contributed by atoms with Crippen LogP contribution < -0.4 is 5.32 Å². The van der Waals surface area contributed by atoms with Crippen LogP contribution in [0.4, 0.5) is 0 Å². The minimum absolute atomic E-state index is 0.0201. The molecular formula is C25H35N3O4. The lowest BCUT2D eigenvalue weighted by Crippen LogP contribution is -2.56. The van der Waals surface area contributed by atoms with E-state index in [4.69, 9.17) is 4.74 Å². The molecule has 3 aliphatic rings. The normalized spacial score (nSPS) is 21.4. The van der Waals surface area contributed by atoms with Gasteiger partial charge >= 0.3 is 0 Å². The molecule has 3 fully saturated rings. The lowest BCUT2D eigenvalue weighted by Gasteiger charge is -2.39. The van der Waals surface area contributed by atoms with E-state index in [1.54, 1.807) is 11.0 Å². The molecule has 174 valence electrons. The summed E-state index contributed by atoms with van der Waals surface area (Å²) >= 11 is 0. The monoisotopic (exact) mass is 441 g/mol. The largest absolute Gasteiger partial charge is 0.378 e. The van der Waals surface area contributed by atoms with Crippen LogP contribution in [0.2, 0.25) is 0 Å². The van der Waals surface area contributed by atoms with E-state index in [-0.39, 0.29) is 29.6 Å². The molecule has 0 spiro atoms. The number of carbonyl (C=O) groups is 3. The topological polar surface area (TPSA) is 79.0 Å². The van der Waals surface area contributed by atoms with Gasteiger partial charge in [-0.25, -0.2) is 0 Å². The number of ether oxygens (including phenoxy) is 1. The lowest BCUT2D eigenvalue weighted by atomic mass is 9.87. The van der Waals surface area contributed by atoms with Gasteiger partial charge in [-0.3, -0.25) is 14.4 Å². The highest BCUT2D eigenvalue weighted by Gasteiger charge is 2.37. The van der Waals surface area contributed by atoms with Gasteiger partial charge in [0.25, 0.3) is 5.91 Å². The van der Waals surface area contributed by atoms with Crippen LogP contribution in [0.25, 0.3) is 0 Å². The van der Waals surface area contributed by atoms with Crippen molar-refractivity contribution in [1.82, 2.24) is 15.1 Å². The number of carbonyl (C=O) groups excluding carboxylic acids is 3. The summed E-state index contributed by atoms with van der Waals surface area (Å²) in [5, 5.41) is 3.05. The quantitative estimate of drug-likeness (QED) is 0.761. The fraction of sp³-hybridized carbons (Fsp3) is 0.640. The van der Waals surface area contributed by atoms with Gasteiger partial charge in [-0.1, -0.05) is 30.5 Å². The van der Waals surface area contributed by atoms with Gasteiger partial charge < -0.3 is 19.9 Å². The minimum atomic E-state index is -0.579. The average molecular weight is 442 g/mol. The summed E-state index contributed by atoms with van der Waals surface area (Å²) in [6.07, 6.45) is 5.76. The average Bonchev–Trinajstić information content (AvgIpc) is 3.37. The molecule has 7 heteroatoms. The van der Waals surface area contributed by atoms with Gasteiger partial charge in [-0.15, -0.1) is 0 Å². The third kappa shape index (κ3) is 5.31. The van der Waals surface area contributed by atoms with Crippen LogP contribution in [-0.4, -0.2) is 73.0 Å². The number of piperidine rings is 1. The van der Waals surface area contributed by atoms with Crippen molar-refractivity contribution >= 4 is 17.7 Å². The van der Waals surface area contributed by atoms with Crippen molar-refractivity contribution in [3.8, 4) is 0 Å². The summed E-state index contributed by atoms with van der Waals surface area (Å²) in [6, 6.07) is 6.85. The molecule has 0 radical (unpaired) electrons. The number of nitrogens with zero attached hydrogens (tertiary/aromatic N) is 2. The Labute approximate surface area is 190 Å². The fourth-order valence-corrected chi connectivity index (χ4v) is 5.26. The van der Waals surface area contributed by atoms with Crippen LogP contribution in [0.5, 0.6) is 0 Å². The Morgan fingerprint density at radius 2 is 1.66 bits per heavy atom. The molecule has 1 aromatic rings. The molecule has 7 nitrogen and oxygen atoms in total. The van der Waals surface area contributed by atoms with Crippen molar-refractivity contribution in [1.29, 1.82) is 0 Å². The van der Waals surface area contributed by atoms with E-state index in [9.17, 15) is 14.4 Å². The third-order valence-corrected chi connectivity index (χ3v) is 7.18. The molecular weight excluding hydrogens is 406 g/mol. The predicted octanol–water partition coefficient (Wildman–Crippen LogP) is 2.38. The van der Waals surface area contributed by atoms with Crippen molar-refractivity contribution in [2.24, 2.45) is 11.8 Å². The van der Waals surface area contributed by atoms with E-state index in [0.717, 1.165) is 44.1 Å². The molecule has 0 bridgehead atoms. The van der Waals surface area contributed by atoms with Crippen molar-refractivity contribution in [3.63, 3.8) is 0 Å². The first-order chi connectivity index (χ1) is 15.5. The van der Waals surface area contributed by atoms with Crippen LogP contribution in [0, 0.1) is 18.8 Å². The molecule has 1 saturated carbocycles. The van der Waals surface area contributed by atoms with E-state index in [0.29, 0.717) is 45.0 Å². The number of amides is 3. The fourth-order valence-electron chi connectivity index (χ4n) is 5.26. The molecule has 1 aromatic carbocycles. The summed E-state index contributed by atoms with van der Waals surface area (Å²) in [5.74, 6) is 0.227. The van der Waals surface area contributed by atoms with Crippen LogP contribution in [0.1, 0.15) is 54.4 Å². The molecule has 1 atom stereocenters. The van der Waals surface area contributed by atoms with E-state index in [2.05, 4.69) is 5.32 Å². The molecule has 3 amide bonds. The van der Waals surface area contributed by atoms with Crippen molar-refractivity contribution in [2.45, 2.75) is 51.5 Å². The maximum Gasteiger partial charge on any atom is 0.251 e. The van der Waals surface area contributed by atoms with Crippen molar-refractivity contribution < 1.29 is 19.1 Å². The molecule has 2 saturated heterocycles. The number of benzene rings is 1. The maximum absolute atomic E-state index is 13.4. The van der Waals surface area contributed by atoms with Crippen molar-refractivity contribution in [2.75, 3.05) is 39.4 Å². The zero-order valence-electron chi connectivity index (χ0n) is 19.1. The number of likely N-dealkylation sites (tertiary alicyclic amines) is 1. The summed E-state index contributed by atoms with van der Waals surface area (Å²) in [6.45, 7) is 5.42. The Kier molecular flexibility index (Phi) is 7.45. The highest BCUT2D eigenvalue weighted by atomic mass is 16.5. The van der Waals surface area contributed by atoms with E-state index in [1.807, 2.05) is 30.0 Å². The number of aryl methyl sites for hydroxylation is 1. The number of rotatable bonds is 5. The minimum Gasteiger partial charge on any atom is -0.378 e. The number of hydrogen-bond acceptors (Lipinski definition) is 4. The Morgan fingerprint density at radius 3 is 2.31 bits per heavy atom. The Balaban J connectivity index is 1.44. The van der Waals surface area contributed by atoms with Crippen LogP contribution in [0.3, 0.4) is 0 Å². The second-order valence-corrected chi connectivity index (χ2v) is 9.40. The zero-order chi connectivity index (χ0) is 22.5. The molecule has 32 heavy (non-hydrogen) atoms. The number of nitrogens with one attached hydrogen (secondary N) is 1. The molecule has 2 aliphatic heterocycles. The number of morpholine rings is 1. The van der Waals surface area contributed by atoms with Gasteiger partial charge in [0, 0.05) is 37.7 Å². The van der Waals surface area contributed by atoms with E-state index >= 15 is 0 Å². The Bertz CT molecular complexity index is 822. The highest BCUT2D eigenvalue weighted by Crippen LogP contribution is 2.29. The summed E-state index contributed by atoms with van der Waals surface area (Å²) < 4.78 is 5.40. The van der Waals surface area contributed by atoms with Crippen molar-refractivity contribution in [3.05, 3.63) is 35.4 Å². The van der Waals surface area contributed by atoms with Crippen LogP contribution in [-0.2, 0) is 14.3 Å². The summed E-state index contributed by atoms with van der Waals surface area (Å²) in [5.41, 5.74) is 1.58. The SMILES string of the molecule is Cc1cccc(C(=O)NC(C(=O)N2CCOCC2)C2CCN(C(=O)C3CCCC3)CC2)c1. The maximum atomic E-state index is 13.4. The molecule has 2 heterocycles. The van der Waals surface area contributed by atoms with Gasteiger partial charge in [0.05, 0.1) is 13.2 Å². The highest BCUT2D eigenvalue weighted by molar-refractivity contribution is 5.97. The van der Waals surface area contributed by atoms with Gasteiger partial charge in [-0.05, 0) is 50.7 Å². The Hall–Kier alpha value is -2.41. The van der Waals surface area contributed by atoms with Crippen LogP contribution in [0.15, 0.2) is 24.3 Å². The first-order valence-electron chi connectivity index (χ1n) is 12.1. The predicted molar refractivity (Wildman–Crippen MR) is 121 cm³/mol. The zero-order valence-corrected chi connectivity index (χ0v) is 19.1. The summed E-state index contributed by atoms with van der Waals surface area (Å²) in [4.78, 5) is 43.0. The molecule has 1 unspecified atom stereocenters. The second kappa shape index (κ2) is 10.5. The lowest BCUT2D eigenvalue weighted by molar-refractivity contribution is -0.140. The first-order valence-corrected chi connectivity index (χ1v) is 12.1. The molecule has 4 rings (SSSR count). The number of hydrogen-bond donors (Lipinski definition) is 1. The van der Waals surface area contributed by atoms with Crippen LogP contribution >= 0.6 is 0 Å². The molecule has 1 aliphatic carbocycles. The third-order valence-electron chi connectivity index (χ3n) is 7.18. The van der Waals surface area contributed by atoms with E-state index < -0.39 is 6.04 Å². The van der Waals surface area contributed by atoms with Gasteiger partial charge in [0.1, 0.15) is 6.04 Å². The second-order valence-electron chi connectivity index (χ2n) is 9.40. The van der Waals surface area contributed by atoms with Gasteiger partial charge in [-0.2, -0.15) is 0 Å². The van der Waals surface area contributed by atoms with Gasteiger partial charge in [0.15, 0.2) is 0 Å². The summed E-state index contributed by atoms with van der Waals surface area (Å²) in [7, 11) is 0. The molecule has 0 aromatic heterocycles. The van der Waals surface area contributed by atoms with E-state index in [1.165, 1.54) is 0 Å². The Morgan fingerprint density at radius 1 is 0.969 bits per heavy atom. The standard InChI is InChI=1S/C25H35N3O4/c1-18-5-4-8-21(17-18)23(29)26-22(25(31)28-13-15-32-16-14-28)19-9-11-27(12-10-19)24(30)20-6-2-3-7-20/h4-5,8,17,19-20,22H,2-3,6-7,9-16H2,1H3,(H,26,29).